The van der Waals surface area contributed by atoms with Gasteiger partial charge in [-0.05, 0) is 40.2 Å². The number of rotatable bonds is 4. The van der Waals surface area contributed by atoms with Crippen molar-refractivity contribution in [3.05, 3.63) is 50.6 Å². The number of hydrazine groups is 1. The molecule has 1 heterocycles. The van der Waals surface area contributed by atoms with Gasteiger partial charge >= 0.3 is 0 Å². The van der Waals surface area contributed by atoms with Gasteiger partial charge in [-0.15, -0.1) is 11.3 Å². The molecule has 0 radical (unpaired) electrons. The molecule has 0 atom stereocenters. The number of carbonyl (C=O) groups is 2. The predicted octanol–water partition coefficient (Wildman–Crippen LogP) is 1.84. The molecular formula is C14H14BrN3O4S2. The van der Waals surface area contributed by atoms with Crippen LogP contribution >= 0.6 is 27.3 Å². The number of sulfonamides is 1. The smallest absolute Gasteiger partial charge is 0.267 e. The molecule has 7 nitrogen and oxygen atoms in total. The maximum absolute atomic E-state index is 12.1. The van der Waals surface area contributed by atoms with Gasteiger partial charge in [-0.2, -0.15) is 0 Å². The van der Waals surface area contributed by atoms with Crippen LogP contribution in [0.5, 0.6) is 0 Å². The SMILES string of the molecule is CN(C)S(=O)(=O)c1cccc(C(=O)NNC(=O)c2csc(Br)c2)c1. The zero-order chi connectivity index (χ0) is 17.9. The molecule has 0 unspecified atom stereocenters. The first kappa shape index (κ1) is 18.6. The van der Waals surface area contributed by atoms with Crippen LogP contribution in [0.25, 0.3) is 0 Å². The van der Waals surface area contributed by atoms with Crippen LogP contribution in [0.4, 0.5) is 0 Å². The van der Waals surface area contributed by atoms with Gasteiger partial charge in [-0.25, -0.2) is 12.7 Å². The predicted molar refractivity (Wildman–Crippen MR) is 94.3 cm³/mol. The van der Waals surface area contributed by atoms with E-state index >= 15 is 0 Å². The summed E-state index contributed by atoms with van der Waals surface area (Å²) in [6.07, 6.45) is 0. The van der Waals surface area contributed by atoms with Crippen molar-refractivity contribution in [3.63, 3.8) is 0 Å². The molecule has 2 aromatic rings. The Morgan fingerprint density at radius 1 is 1.08 bits per heavy atom. The van der Waals surface area contributed by atoms with Gasteiger partial charge in [0.1, 0.15) is 0 Å². The van der Waals surface area contributed by atoms with E-state index in [1.807, 2.05) is 0 Å². The molecule has 1 aromatic carbocycles. The molecule has 0 saturated carbocycles. The Hall–Kier alpha value is -1.75. The van der Waals surface area contributed by atoms with Crippen LogP contribution in [0.2, 0.25) is 0 Å². The number of hydrogen-bond donors (Lipinski definition) is 2. The average molecular weight is 432 g/mol. The van der Waals surface area contributed by atoms with E-state index in [0.29, 0.717) is 5.56 Å². The van der Waals surface area contributed by atoms with Crippen molar-refractivity contribution in [2.24, 2.45) is 0 Å². The third kappa shape index (κ3) is 4.20. The Kier molecular flexibility index (Phi) is 5.75. The Bertz CT molecular complexity index is 878. The maximum atomic E-state index is 12.1. The Morgan fingerprint density at radius 3 is 2.25 bits per heavy atom. The fourth-order valence-electron chi connectivity index (χ4n) is 1.70. The molecule has 24 heavy (non-hydrogen) atoms. The summed E-state index contributed by atoms with van der Waals surface area (Å²) in [5.74, 6) is -1.09. The van der Waals surface area contributed by atoms with Crippen molar-refractivity contribution < 1.29 is 18.0 Å². The molecule has 0 spiro atoms. The number of amides is 2. The van der Waals surface area contributed by atoms with Gasteiger partial charge in [-0.3, -0.25) is 20.4 Å². The molecule has 0 aliphatic rings. The fraction of sp³-hybridized carbons (Fsp3) is 0.143. The van der Waals surface area contributed by atoms with Gasteiger partial charge in [0.05, 0.1) is 14.2 Å². The Balaban J connectivity index is 2.09. The molecule has 2 N–H and O–H groups in total. The van der Waals surface area contributed by atoms with E-state index in [2.05, 4.69) is 26.8 Å². The lowest BCUT2D eigenvalue weighted by Crippen LogP contribution is -2.41. The molecule has 0 aliphatic heterocycles. The lowest BCUT2D eigenvalue weighted by molar-refractivity contribution is 0.0847. The van der Waals surface area contributed by atoms with Crippen molar-refractivity contribution in [3.8, 4) is 0 Å². The van der Waals surface area contributed by atoms with E-state index in [1.54, 1.807) is 11.4 Å². The summed E-state index contributed by atoms with van der Waals surface area (Å²) in [6.45, 7) is 0. The van der Waals surface area contributed by atoms with Crippen LogP contribution in [0.3, 0.4) is 0 Å². The molecule has 2 amide bonds. The van der Waals surface area contributed by atoms with Gasteiger partial charge in [0.15, 0.2) is 0 Å². The van der Waals surface area contributed by atoms with Gasteiger partial charge in [-0.1, -0.05) is 6.07 Å². The first-order valence-corrected chi connectivity index (χ1v) is 9.70. The van der Waals surface area contributed by atoms with E-state index in [-0.39, 0.29) is 10.5 Å². The minimum Gasteiger partial charge on any atom is -0.267 e. The molecule has 128 valence electrons. The fourth-order valence-corrected chi connectivity index (χ4v) is 3.78. The number of benzene rings is 1. The highest BCUT2D eigenvalue weighted by Crippen LogP contribution is 2.20. The quantitative estimate of drug-likeness (QED) is 0.721. The number of carbonyl (C=O) groups excluding carboxylic acids is 2. The zero-order valence-electron chi connectivity index (χ0n) is 12.7. The van der Waals surface area contributed by atoms with Gasteiger partial charge < -0.3 is 0 Å². The summed E-state index contributed by atoms with van der Waals surface area (Å²) in [4.78, 5) is 24.0. The number of nitrogens with zero attached hydrogens (tertiary/aromatic N) is 1. The molecule has 0 bridgehead atoms. The number of hydrogen-bond acceptors (Lipinski definition) is 5. The van der Waals surface area contributed by atoms with Crippen molar-refractivity contribution in [2.45, 2.75) is 4.90 Å². The lowest BCUT2D eigenvalue weighted by atomic mass is 10.2. The summed E-state index contributed by atoms with van der Waals surface area (Å²) < 4.78 is 26.0. The number of nitrogens with one attached hydrogen (secondary N) is 2. The third-order valence-electron chi connectivity index (χ3n) is 2.99. The highest BCUT2D eigenvalue weighted by atomic mass is 79.9. The first-order chi connectivity index (χ1) is 11.2. The van der Waals surface area contributed by atoms with E-state index in [0.717, 1.165) is 8.09 Å². The van der Waals surface area contributed by atoms with Crippen LogP contribution < -0.4 is 10.9 Å². The molecule has 0 aliphatic carbocycles. The number of thiophene rings is 1. The van der Waals surface area contributed by atoms with E-state index in [9.17, 15) is 18.0 Å². The van der Waals surface area contributed by atoms with Crippen LogP contribution in [0.1, 0.15) is 20.7 Å². The summed E-state index contributed by atoms with van der Waals surface area (Å²) in [5, 5.41) is 1.63. The molecule has 2 rings (SSSR count). The minimum atomic E-state index is -3.64. The molecular weight excluding hydrogens is 418 g/mol. The van der Waals surface area contributed by atoms with Crippen LogP contribution in [-0.2, 0) is 10.0 Å². The Morgan fingerprint density at radius 2 is 1.71 bits per heavy atom. The van der Waals surface area contributed by atoms with Crippen molar-refractivity contribution in [1.82, 2.24) is 15.2 Å². The maximum Gasteiger partial charge on any atom is 0.270 e. The molecule has 0 saturated heterocycles. The molecule has 10 heteroatoms. The second-order valence-electron chi connectivity index (χ2n) is 4.86. The second-order valence-corrected chi connectivity index (χ2v) is 9.31. The standard InChI is InChI=1S/C14H14BrN3O4S2/c1-18(2)24(21,22)11-5-3-4-9(6-11)13(19)16-17-14(20)10-7-12(15)23-8-10/h3-8H,1-2H3,(H,16,19)(H,17,20). The highest BCUT2D eigenvalue weighted by Gasteiger charge is 2.19. The van der Waals surface area contributed by atoms with Crippen LogP contribution in [-0.4, -0.2) is 38.6 Å². The molecule has 1 aromatic heterocycles. The van der Waals surface area contributed by atoms with E-state index < -0.39 is 21.8 Å². The summed E-state index contributed by atoms with van der Waals surface area (Å²) in [5.41, 5.74) is 5.05. The highest BCUT2D eigenvalue weighted by molar-refractivity contribution is 9.11. The topological polar surface area (TPSA) is 95.6 Å². The third-order valence-corrected chi connectivity index (χ3v) is 6.31. The zero-order valence-corrected chi connectivity index (χ0v) is 16.0. The Labute approximate surface area is 151 Å². The van der Waals surface area contributed by atoms with E-state index in [1.165, 1.54) is 49.7 Å². The summed E-state index contributed by atoms with van der Waals surface area (Å²) in [7, 11) is -0.834. The number of halogens is 1. The van der Waals surface area contributed by atoms with E-state index in [4.69, 9.17) is 0 Å². The minimum absolute atomic E-state index is 0.00626. The lowest BCUT2D eigenvalue weighted by Gasteiger charge is -2.12. The molecule has 0 fully saturated rings. The van der Waals surface area contributed by atoms with Crippen LogP contribution in [0.15, 0.2) is 44.4 Å². The van der Waals surface area contributed by atoms with Crippen molar-refractivity contribution in [1.29, 1.82) is 0 Å². The van der Waals surface area contributed by atoms with Gasteiger partial charge in [0, 0.05) is 25.0 Å². The average Bonchev–Trinajstić information content (AvgIpc) is 2.98. The summed E-state index contributed by atoms with van der Waals surface area (Å²) >= 11 is 4.59. The van der Waals surface area contributed by atoms with Crippen molar-refractivity contribution >= 4 is 49.1 Å². The first-order valence-electron chi connectivity index (χ1n) is 6.59. The van der Waals surface area contributed by atoms with Crippen LogP contribution in [0, 0.1) is 0 Å². The second kappa shape index (κ2) is 7.43. The van der Waals surface area contributed by atoms with Gasteiger partial charge in [0.2, 0.25) is 10.0 Å². The van der Waals surface area contributed by atoms with Gasteiger partial charge in [0.25, 0.3) is 11.8 Å². The summed E-state index contributed by atoms with van der Waals surface area (Å²) in [6, 6.07) is 7.18. The largest absolute Gasteiger partial charge is 0.270 e. The monoisotopic (exact) mass is 431 g/mol. The normalized spacial score (nSPS) is 11.3. The van der Waals surface area contributed by atoms with Crippen molar-refractivity contribution in [2.75, 3.05) is 14.1 Å².